The monoisotopic (exact) mass is 193 g/mol. The average Bonchev–Trinajstić information content (AvgIpc) is 2.49. The maximum Gasteiger partial charge on any atom is 0.192 e. The molecule has 78 valence electrons. The fourth-order valence-electron chi connectivity index (χ4n) is 2.70. The van der Waals surface area contributed by atoms with Crippen molar-refractivity contribution in [3.8, 4) is 0 Å². The molecule has 1 heterocycles. The number of hydrogen-bond acceptors (Lipinski definition) is 3. The number of nitrogens with two attached hydrogens (primary N) is 1. The lowest BCUT2D eigenvalue weighted by Gasteiger charge is -2.41. The lowest BCUT2D eigenvalue weighted by molar-refractivity contribution is 0.153. The van der Waals surface area contributed by atoms with Gasteiger partial charge in [0.05, 0.1) is 12.1 Å². The standard InChI is InChI=1S/C11H19N3/c1-2-8-14-10(12)13-9-11(14)6-4-3-5-7-11/h2H,1,3-9H2,(H2,12,13). The molecule has 2 aliphatic rings. The van der Waals surface area contributed by atoms with Crippen molar-refractivity contribution in [2.75, 3.05) is 13.1 Å². The molecule has 0 saturated heterocycles. The van der Waals surface area contributed by atoms with Crippen LogP contribution in [0.2, 0.25) is 0 Å². The maximum absolute atomic E-state index is 5.90. The van der Waals surface area contributed by atoms with Crippen molar-refractivity contribution in [3.05, 3.63) is 12.7 Å². The zero-order valence-electron chi connectivity index (χ0n) is 8.71. The number of nitrogens with zero attached hydrogens (tertiary/aromatic N) is 2. The normalized spacial score (nSPS) is 25.1. The van der Waals surface area contributed by atoms with Crippen molar-refractivity contribution < 1.29 is 0 Å². The Bertz CT molecular complexity index is 251. The van der Waals surface area contributed by atoms with Gasteiger partial charge in [0.2, 0.25) is 0 Å². The van der Waals surface area contributed by atoms with Gasteiger partial charge in [0, 0.05) is 6.54 Å². The van der Waals surface area contributed by atoms with Gasteiger partial charge in [0.25, 0.3) is 0 Å². The van der Waals surface area contributed by atoms with Crippen LogP contribution in [0.5, 0.6) is 0 Å². The first-order chi connectivity index (χ1) is 6.78. The van der Waals surface area contributed by atoms with Gasteiger partial charge in [-0.1, -0.05) is 25.3 Å². The zero-order chi connectivity index (χ0) is 10.0. The second-order valence-corrected chi connectivity index (χ2v) is 4.36. The average molecular weight is 193 g/mol. The van der Waals surface area contributed by atoms with Gasteiger partial charge in [-0.05, 0) is 12.8 Å². The summed E-state index contributed by atoms with van der Waals surface area (Å²) in [6, 6.07) is 0. The largest absolute Gasteiger partial charge is 0.370 e. The van der Waals surface area contributed by atoms with Crippen LogP contribution in [0, 0.1) is 0 Å². The van der Waals surface area contributed by atoms with Gasteiger partial charge in [-0.2, -0.15) is 0 Å². The Hall–Kier alpha value is -0.990. The first kappa shape index (κ1) is 9.56. The summed E-state index contributed by atoms with van der Waals surface area (Å²) < 4.78 is 0. The molecule has 0 aromatic heterocycles. The van der Waals surface area contributed by atoms with Gasteiger partial charge in [-0.3, -0.25) is 4.99 Å². The third kappa shape index (κ3) is 1.41. The molecule has 0 atom stereocenters. The number of aliphatic imine (C=N–C) groups is 1. The molecule has 2 N–H and O–H groups in total. The van der Waals surface area contributed by atoms with Gasteiger partial charge in [-0.15, -0.1) is 6.58 Å². The molecule has 0 bridgehead atoms. The smallest absolute Gasteiger partial charge is 0.192 e. The summed E-state index contributed by atoms with van der Waals surface area (Å²) >= 11 is 0. The summed E-state index contributed by atoms with van der Waals surface area (Å²) in [5, 5.41) is 0. The van der Waals surface area contributed by atoms with Gasteiger partial charge < -0.3 is 10.6 Å². The van der Waals surface area contributed by atoms with E-state index >= 15 is 0 Å². The van der Waals surface area contributed by atoms with Crippen LogP contribution in [0.1, 0.15) is 32.1 Å². The van der Waals surface area contributed by atoms with Crippen molar-refractivity contribution in [2.24, 2.45) is 10.7 Å². The molecule has 0 aromatic carbocycles. The van der Waals surface area contributed by atoms with Crippen LogP contribution < -0.4 is 5.73 Å². The Kier molecular flexibility index (Phi) is 2.48. The molecule has 3 nitrogen and oxygen atoms in total. The number of hydrogen-bond donors (Lipinski definition) is 1. The molecule has 0 aromatic rings. The van der Waals surface area contributed by atoms with Crippen molar-refractivity contribution in [2.45, 2.75) is 37.6 Å². The fraction of sp³-hybridized carbons (Fsp3) is 0.727. The summed E-state index contributed by atoms with van der Waals surface area (Å²) in [7, 11) is 0. The van der Waals surface area contributed by atoms with Crippen LogP contribution in [0.25, 0.3) is 0 Å². The first-order valence-corrected chi connectivity index (χ1v) is 5.47. The summed E-state index contributed by atoms with van der Waals surface area (Å²) in [5.41, 5.74) is 6.15. The van der Waals surface area contributed by atoms with Gasteiger partial charge >= 0.3 is 0 Å². The molecule has 1 saturated carbocycles. The number of rotatable bonds is 2. The van der Waals surface area contributed by atoms with Gasteiger partial charge in [-0.25, -0.2) is 0 Å². The molecule has 2 rings (SSSR count). The van der Waals surface area contributed by atoms with Crippen molar-refractivity contribution in [3.63, 3.8) is 0 Å². The number of guanidine groups is 1. The van der Waals surface area contributed by atoms with Crippen LogP contribution in [0.3, 0.4) is 0 Å². The third-order valence-electron chi connectivity index (χ3n) is 3.48. The van der Waals surface area contributed by atoms with Crippen LogP contribution in [-0.4, -0.2) is 29.5 Å². The van der Waals surface area contributed by atoms with E-state index in [4.69, 9.17) is 5.73 Å². The Labute approximate surface area is 85.7 Å². The van der Waals surface area contributed by atoms with E-state index in [1.807, 2.05) is 6.08 Å². The molecule has 0 amide bonds. The summed E-state index contributed by atoms with van der Waals surface area (Å²) in [4.78, 5) is 6.63. The molecule has 1 aliphatic carbocycles. The van der Waals surface area contributed by atoms with Crippen molar-refractivity contribution in [1.29, 1.82) is 0 Å². The minimum atomic E-state index is 0.247. The Balaban J connectivity index is 2.14. The van der Waals surface area contributed by atoms with E-state index in [0.29, 0.717) is 5.96 Å². The molecule has 14 heavy (non-hydrogen) atoms. The zero-order valence-corrected chi connectivity index (χ0v) is 8.71. The fourth-order valence-corrected chi connectivity index (χ4v) is 2.70. The van der Waals surface area contributed by atoms with Crippen LogP contribution in [0.4, 0.5) is 0 Å². The Morgan fingerprint density at radius 2 is 2.14 bits per heavy atom. The third-order valence-corrected chi connectivity index (χ3v) is 3.48. The highest BCUT2D eigenvalue weighted by Crippen LogP contribution is 2.36. The lowest BCUT2D eigenvalue weighted by Crippen LogP contribution is -2.52. The SMILES string of the molecule is C=CCN1C(N)=NCC12CCCCC2. The maximum atomic E-state index is 5.90. The van der Waals surface area contributed by atoms with E-state index < -0.39 is 0 Å². The summed E-state index contributed by atoms with van der Waals surface area (Å²) in [6.45, 7) is 5.52. The van der Waals surface area contributed by atoms with Crippen molar-refractivity contribution in [1.82, 2.24) is 4.90 Å². The molecule has 3 heteroatoms. The second-order valence-electron chi connectivity index (χ2n) is 4.36. The highest BCUT2D eigenvalue weighted by atomic mass is 15.4. The second kappa shape index (κ2) is 3.64. The van der Waals surface area contributed by atoms with Gasteiger partial charge in [0.15, 0.2) is 5.96 Å². The van der Waals surface area contributed by atoms with E-state index in [1.165, 1.54) is 32.1 Å². The molecule has 0 radical (unpaired) electrons. The van der Waals surface area contributed by atoms with E-state index in [1.54, 1.807) is 0 Å². The van der Waals surface area contributed by atoms with Crippen molar-refractivity contribution >= 4 is 5.96 Å². The Morgan fingerprint density at radius 3 is 2.79 bits per heavy atom. The minimum Gasteiger partial charge on any atom is -0.370 e. The van der Waals surface area contributed by atoms with E-state index in [-0.39, 0.29) is 5.54 Å². The lowest BCUT2D eigenvalue weighted by atomic mass is 9.81. The quantitative estimate of drug-likeness (QED) is 0.675. The van der Waals surface area contributed by atoms with E-state index in [2.05, 4.69) is 16.5 Å². The summed E-state index contributed by atoms with van der Waals surface area (Å²) in [6.07, 6.45) is 8.40. The highest BCUT2D eigenvalue weighted by Gasteiger charge is 2.41. The Morgan fingerprint density at radius 1 is 1.43 bits per heavy atom. The van der Waals surface area contributed by atoms with Crippen LogP contribution in [0.15, 0.2) is 17.6 Å². The predicted octanol–water partition coefficient (Wildman–Crippen LogP) is 1.51. The summed E-state index contributed by atoms with van der Waals surface area (Å²) in [5.74, 6) is 0.715. The topological polar surface area (TPSA) is 41.6 Å². The minimum absolute atomic E-state index is 0.247. The first-order valence-electron chi connectivity index (χ1n) is 5.47. The van der Waals surface area contributed by atoms with E-state index in [0.717, 1.165) is 13.1 Å². The predicted molar refractivity (Wildman–Crippen MR) is 59.2 cm³/mol. The molecule has 1 aliphatic heterocycles. The van der Waals surface area contributed by atoms with Crippen LogP contribution >= 0.6 is 0 Å². The molecule has 0 unspecified atom stereocenters. The van der Waals surface area contributed by atoms with Crippen LogP contribution in [-0.2, 0) is 0 Å². The molecule has 1 spiro atoms. The highest BCUT2D eigenvalue weighted by molar-refractivity contribution is 5.81. The van der Waals surface area contributed by atoms with E-state index in [9.17, 15) is 0 Å². The van der Waals surface area contributed by atoms with Gasteiger partial charge in [0.1, 0.15) is 0 Å². The molecular formula is C11H19N3. The molecular weight excluding hydrogens is 174 g/mol. The molecule has 1 fully saturated rings.